The molecule has 0 amide bonds. The van der Waals surface area contributed by atoms with Gasteiger partial charge < -0.3 is 24.7 Å². The minimum Gasteiger partial charge on any atom is -0.379 e. The maximum absolute atomic E-state index is 5.92. The number of rotatable bonds is 15. The van der Waals surface area contributed by atoms with Crippen LogP contribution in [0.25, 0.3) is 0 Å². The summed E-state index contributed by atoms with van der Waals surface area (Å²) in [5.74, 6) is 0.698. The van der Waals surface area contributed by atoms with Crippen LogP contribution >= 0.6 is 0 Å². The van der Waals surface area contributed by atoms with Crippen LogP contribution in [0.15, 0.2) is 0 Å². The third-order valence-electron chi connectivity index (χ3n) is 3.30. The molecule has 120 valence electrons. The smallest absolute Gasteiger partial charge is 0.0701 e. The standard InChI is InChI=1S/C15H31NO4/c1-2-3-6-17-7-8-18-9-10-19-11-12-20-13-15(16)14-4-5-14/h14-15H,2-13,16H2,1H3. The zero-order valence-corrected chi connectivity index (χ0v) is 12.9. The van der Waals surface area contributed by atoms with E-state index < -0.39 is 0 Å². The fraction of sp³-hybridized carbons (Fsp3) is 1.00. The summed E-state index contributed by atoms with van der Waals surface area (Å²) in [6, 6.07) is 0.214. The molecule has 1 aliphatic rings. The van der Waals surface area contributed by atoms with Crippen LogP contribution in [0, 0.1) is 5.92 Å². The average Bonchev–Trinajstić information content (AvgIpc) is 3.28. The molecule has 1 rings (SSSR count). The summed E-state index contributed by atoms with van der Waals surface area (Å²) in [6.07, 6.45) is 4.82. The van der Waals surface area contributed by atoms with Gasteiger partial charge in [-0.1, -0.05) is 13.3 Å². The Kier molecular flexibility index (Phi) is 11.2. The Hall–Kier alpha value is -0.200. The van der Waals surface area contributed by atoms with E-state index >= 15 is 0 Å². The normalized spacial score (nSPS) is 16.5. The summed E-state index contributed by atoms with van der Waals surface area (Å²) < 4.78 is 21.6. The predicted molar refractivity (Wildman–Crippen MR) is 78.9 cm³/mol. The summed E-state index contributed by atoms with van der Waals surface area (Å²) >= 11 is 0. The van der Waals surface area contributed by atoms with Crippen molar-refractivity contribution in [3.8, 4) is 0 Å². The van der Waals surface area contributed by atoms with Gasteiger partial charge in [-0.05, 0) is 25.2 Å². The Balaban J connectivity index is 1.66. The van der Waals surface area contributed by atoms with Gasteiger partial charge in [0.25, 0.3) is 0 Å². The molecule has 2 N–H and O–H groups in total. The van der Waals surface area contributed by atoms with Gasteiger partial charge >= 0.3 is 0 Å². The zero-order valence-electron chi connectivity index (χ0n) is 12.9. The summed E-state index contributed by atoms with van der Waals surface area (Å²) in [7, 11) is 0. The van der Waals surface area contributed by atoms with Gasteiger partial charge in [-0.3, -0.25) is 0 Å². The van der Waals surface area contributed by atoms with Gasteiger partial charge in [0.15, 0.2) is 0 Å². The molecule has 0 spiro atoms. The van der Waals surface area contributed by atoms with E-state index in [4.69, 9.17) is 24.7 Å². The van der Waals surface area contributed by atoms with E-state index in [-0.39, 0.29) is 6.04 Å². The molecule has 0 aromatic rings. The van der Waals surface area contributed by atoms with Gasteiger partial charge in [0.05, 0.1) is 46.2 Å². The van der Waals surface area contributed by atoms with Crippen molar-refractivity contribution in [2.75, 3.05) is 52.9 Å². The van der Waals surface area contributed by atoms with E-state index in [1.54, 1.807) is 0 Å². The quantitative estimate of drug-likeness (QED) is 0.464. The van der Waals surface area contributed by atoms with Crippen LogP contribution < -0.4 is 5.73 Å². The van der Waals surface area contributed by atoms with Crippen molar-refractivity contribution in [1.82, 2.24) is 0 Å². The molecular weight excluding hydrogens is 258 g/mol. The molecule has 0 aromatic heterocycles. The van der Waals surface area contributed by atoms with Crippen molar-refractivity contribution in [2.24, 2.45) is 11.7 Å². The van der Waals surface area contributed by atoms with Crippen LogP contribution in [0.5, 0.6) is 0 Å². The van der Waals surface area contributed by atoms with E-state index in [0.29, 0.717) is 52.2 Å². The number of hydrogen-bond acceptors (Lipinski definition) is 5. The van der Waals surface area contributed by atoms with E-state index in [2.05, 4.69) is 6.92 Å². The summed E-state index contributed by atoms with van der Waals surface area (Å²) in [5.41, 5.74) is 5.92. The minimum atomic E-state index is 0.214. The molecule has 1 saturated carbocycles. The highest BCUT2D eigenvalue weighted by Gasteiger charge is 2.28. The van der Waals surface area contributed by atoms with Crippen molar-refractivity contribution < 1.29 is 18.9 Å². The zero-order chi connectivity index (χ0) is 14.5. The lowest BCUT2D eigenvalue weighted by Crippen LogP contribution is -2.29. The lowest BCUT2D eigenvalue weighted by molar-refractivity contribution is -0.00382. The first-order valence-electron chi connectivity index (χ1n) is 7.91. The lowest BCUT2D eigenvalue weighted by atomic mass is 10.2. The van der Waals surface area contributed by atoms with Crippen LogP contribution in [0.3, 0.4) is 0 Å². The number of ether oxygens (including phenoxy) is 4. The van der Waals surface area contributed by atoms with Gasteiger partial charge in [0.2, 0.25) is 0 Å². The predicted octanol–water partition coefficient (Wildman–Crippen LogP) is 1.59. The van der Waals surface area contributed by atoms with Crippen LogP contribution in [0.1, 0.15) is 32.6 Å². The molecule has 1 atom stereocenters. The number of hydrogen-bond donors (Lipinski definition) is 1. The van der Waals surface area contributed by atoms with E-state index in [1.165, 1.54) is 19.3 Å². The van der Waals surface area contributed by atoms with Crippen molar-refractivity contribution in [3.05, 3.63) is 0 Å². The van der Waals surface area contributed by atoms with Gasteiger partial charge in [-0.2, -0.15) is 0 Å². The van der Waals surface area contributed by atoms with Crippen molar-refractivity contribution in [1.29, 1.82) is 0 Å². The minimum absolute atomic E-state index is 0.214. The highest BCUT2D eigenvalue weighted by atomic mass is 16.6. The second-order valence-electron chi connectivity index (χ2n) is 5.27. The topological polar surface area (TPSA) is 62.9 Å². The molecule has 1 unspecified atom stereocenters. The van der Waals surface area contributed by atoms with Crippen LogP contribution in [0.4, 0.5) is 0 Å². The fourth-order valence-corrected chi connectivity index (χ4v) is 1.79. The summed E-state index contributed by atoms with van der Waals surface area (Å²) in [6.45, 7) is 7.37. The molecule has 0 heterocycles. The first-order chi connectivity index (χ1) is 9.84. The Bertz CT molecular complexity index is 212. The van der Waals surface area contributed by atoms with Gasteiger partial charge in [-0.25, -0.2) is 0 Å². The van der Waals surface area contributed by atoms with Crippen LogP contribution in [-0.4, -0.2) is 58.9 Å². The van der Waals surface area contributed by atoms with Gasteiger partial charge in [-0.15, -0.1) is 0 Å². The number of unbranched alkanes of at least 4 members (excludes halogenated alkanes) is 1. The molecule has 0 aromatic carbocycles. The summed E-state index contributed by atoms with van der Waals surface area (Å²) in [5, 5.41) is 0. The van der Waals surface area contributed by atoms with E-state index in [1.807, 2.05) is 0 Å². The highest BCUT2D eigenvalue weighted by Crippen LogP contribution is 2.31. The SMILES string of the molecule is CCCCOCCOCCOCCOCC(N)C1CC1. The molecule has 0 radical (unpaired) electrons. The van der Waals surface area contributed by atoms with E-state index in [0.717, 1.165) is 13.0 Å². The van der Waals surface area contributed by atoms with Crippen molar-refractivity contribution >= 4 is 0 Å². The Morgan fingerprint density at radius 2 is 1.35 bits per heavy atom. The molecule has 5 heteroatoms. The van der Waals surface area contributed by atoms with Crippen LogP contribution in [-0.2, 0) is 18.9 Å². The fourth-order valence-electron chi connectivity index (χ4n) is 1.79. The molecule has 20 heavy (non-hydrogen) atoms. The van der Waals surface area contributed by atoms with Crippen LogP contribution in [0.2, 0.25) is 0 Å². The molecular formula is C15H31NO4. The Morgan fingerprint density at radius 1 is 0.850 bits per heavy atom. The first kappa shape index (κ1) is 17.9. The summed E-state index contributed by atoms with van der Waals surface area (Å²) in [4.78, 5) is 0. The molecule has 1 aliphatic carbocycles. The average molecular weight is 289 g/mol. The number of nitrogens with two attached hydrogens (primary N) is 1. The molecule has 0 bridgehead atoms. The highest BCUT2D eigenvalue weighted by molar-refractivity contribution is 4.83. The lowest BCUT2D eigenvalue weighted by Gasteiger charge is -2.11. The van der Waals surface area contributed by atoms with Gasteiger partial charge in [0.1, 0.15) is 0 Å². The molecule has 0 aliphatic heterocycles. The molecule has 5 nitrogen and oxygen atoms in total. The Morgan fingerprint density at radius 3 is 1.85 bits per heavy atom. The monoisotopic (exact) mass is 289 g/mol. The van der Waals surface area contributed by atoms with Crippen molar-refractivity contribution in [2.45, 2.75) is 38.6 Å². The molecule has 1 fully saturated rings. The van der Waals surface area contributed by atoms with Gasteiger partial charge in [0, 0.05) is 12.6 Å². The Labute approximate surface area is 123 Å². The molecule has 0 saturated heterocycles. The largest absolute Gasteiger partial charge is 0.379 e. The second-order valence-corrected chi connectivity index (χ2v) is 5.27. The maximum Gasteiger partial charge on any atom is 0.0701 e. The first-order valence-corrected chi connectivity index (χ1v) is 7.91. The second kappa shape index (κ2) is 12.5. The van der Waals surface area contributed by atoms with Crippen molar-refractivity contribution in [3.63, 3.8) is 0 Å². The third-order valence-corrected chi connectivity index (χ3v) is 3.30. The maximum atomic E-state index is 5.92. The third kappa shape index (κ3) is 10.6. The van der Waals surface area contributed by atoms with E-state index in [9.17, 15) is 0 Å².